The van der Waals surface area contributed by atoms with Gasteiger partial charge < -0.3 is 22.1 Å². The second kappa shape index (κ2) is 7.24. The predicted octanol–water partition coefficient (Wildman–Crippen LogP) is 1.90. The van der Waals surface area contributed by atoms with Crippen molar-refractivity contribution in [2.45, 2.75) is 13.0 Å². The number of benzene rings is 1. The third kappa shape index (κ3) is 3.92. The summed E-state index contributed by atoms with van der Waals surface area (Å²) >= 11 is 0. The summed E-state index contributed by atoms with van der Waals surface area (Å²) in [4.78, 5) is 31.2. The quantitative estimate of drug-likeness (QED) is 0.525. The molecule has 9 heteroatoms. The molecular weight excluding hydrogens is 351 g/mol. The number of halogens is 1. The number of hydrogen-bond donors (Lipinski definition) is 4. The first kappa shape index (κ1) is 18.1. The molecule has 27 heavy (non-hydrogen) atoms. The number of anilines is 3. The van der Waals surface area contributed by atoms with E-state index in [4.69, 9.17) is 11.5 Å². The SMILES string of the molecule is CC(Nc1nc(Nc2cnc3ccccc3c2)c(C(N)=O)cc1F)C(N)=O. The zero-order valence-electron chi connectivity index (χ0n) is 14.4. The summed E-state index contributed by atoms with van der Waals surface area (Å²) in [6, 6.07) is 9.36. The van der Waals surface area contributed by atoms with Crippen LogP contribution in [0.25, 0.3) is 10.9 Å². The van der Waals surface area contributed by atoms with E-state index in [0.717, 1.165) is 17.0 Å². The minimum atomic E-state index is -0.860. The maximum absolute atomic E-state index is 14.2. The molecule has 3 aromatic rings. The molecular formula is C18H17FN6O2. The largest absolute Gasteiger partial charge is 0.368 e. The van der Waals surface area contributed by atoms with Crippen molar-refractivity contribution < 1.29 is 14.0 Å². The molecule has 1 atom stereocenters. The van der Waals surface area contributed by atoms with Crippen LogP contribution in [0.5, 0.6) is 0 Å². The molecule has 0 saturated heterocycles. The lowest BCUT2D eigenvalue weighted by molar-refractivity contribution is -0.118. The zero-order valence-corrected chi connectivity index (χ0v) is 14.4. The number of hydrogen-bond acceptors (Lipinski definition) is 6. The highest BCUT2D eigenvalue weighted by Gasteiger charge is 2.19. The fourth-order valence-corrected chi connectivity index (χ4v) is 2.43. The molecule has 0 saturated carbocycles. The Balaban J connectivity index is 2.00. The van der Waals surface area contributed by atoms with E-state index < -0.39 is 23.7 Å². The normalized spacial score (nSPS) is 11.8. The molecule has 0 fully saturated rings. The van der Waals surface area contributed by atoms with Gasteiger partial charge in [0, 0.05) is 5.39 Å². The van der Waals surface area contributed by atoms with Crippen LogP contribution in [0, 0.1) is 5.82 Å². The van der Waals surface area contributed by atoms with Gasteiger partial charge in [0.05, 0.1) is 23.0 Å². The number of pyridine rings is 2. The minimum Gasteiger partial charge on any atom is -0.368 e. The maximum Gasteiger partial charge on any atom is 0.252 e. The van der Waals surface area contributed by atoms with E-state index in [9.17, 15) is 14.0 Å². The zero-order chi connectivity index (χ0) is 19.6. The van der Waals surface area contributed by atoms with Crippen LogP contribution in [0.15, 0.2) is 42.6 Å². The molecule has 0 aliphatic heterocycles. The fraction of sp³-hybridized carbons (Fsp3) is 0.111. The van der Waals surface area contributed by atoms with Crippen LogP contribution in [0.3, 0.4) is 0 Å². The van der Waals surface area contributed by atoms with E-state index >= 15 is 0 Å². The molecule has 0 aliphatic rings. The summed E-state index contributed by atoms with van der Waals surface area (Å²) in [6.45, 7) is 1.46. The Hall–Kier alpha value is -3.75. The molecule has 138 valence electrons. The number of nitrogens with zero attached hydrogens (tertiary/aromatic N) is 2. The van der Waals surface area contributed by atoms with Gasteiger partial charge >= 0.3 is 0 Å². The van der Waals surface area contributed by atoms with Crippen LogP contribution >= 0.6 is 0 Å². The lowest BCUT2D eigenvalue weighted by Crippen LogP contribution is -2.33. The molecule has 2 aromatic heterocycles. The Bertz CT molecular complexity index is 1040. The third-order valence-electron chi connectivity index (χ3n) is 3.87. The summed E-state index contributed by atoms with van der Waals surface area (Å²) in [7, 11) is 0. The van der Waals surface area contributed by atoms with Crippen molar-refractivity contribution in [3.05, 3.63) is 54.0 Å². The Morgan fingerprint density at radius 2 is 1.89 bits per heavy atom. The van der Waals surface area contributed by atoms with Gasteiger partial charge in [-0.3, -0.25) is 14.6 Å². The summed E-state index contributed by atoms with van der Waals surface area (Å²) in [5.41, 5.74) is 11.7. The van der Waals surface area contributed by atoms with Gasteiger partial charge in [0.1, 0.15) is 11.9 Å². The van der Waals surface area contributed by atoms with Crippen molar-refractivity contribution in [2.24, 2.45) is 11.5 Å². The molecule has 1 aromatic carbocycles. The van der Waals surface area contributed by atoms with Gasteiger partial charge in [-0.05, 0) is 25.1 Å². The number of carbonyl (C=O) groups is 2. The van der Waals surface area contributed by atoms with Gasteiger partial charge in [-0.15, -0.1) is 0 Å². The molecule has 1 unspecified atom stereocenters. The highest BCUT2D eigenvalue weighted by atomic mass is 19.1. The number of rotatable bonds is 6. The summed E-state index contributed by atoms with van der Waals surface area (Å²) in [6.07, 6.45) is 1.55. The number of aromatic nitrogens is 2. The average Bonchev–Trinajstić information content (AvgIpc) is 2.63. The third-order valence-corrected chi connectivity index (χ3v) is 3.87. The Morgan fingerprint density at radius 1 is 1.15 bits per heavy atom. The van der Waals surface area contributed by atoms with Gasteiger partial charge in [-0.1, -0.05) is 18.2 Å². The first-order chi connectivity index (χ1) is 12.8. The Kier molecular flexibility index (Phi) is 4.84. The molecule has 6 N–H and O–H groups in total. The maximum atomic E-state index is 14.2. The second-order valence-corrected chi connectivity index (χ2v) is 5.89. The molecule has 3 rings (SSSR count). The molecule has 8 nitrogen and oxygen atoms in total. The lowest BCUT2D eigenvalue weighted by Gasteiger charge is -2.15. The van der Waals surface area contributed by atoms with E-state index in [2.05, 4.69) is 20.6 Å². The molecule has 0 bridgehead atoms. The Labute approximate surface area is 153 Å². The average molecular weight is 368 g/mol. The molecule has 2 heterocycles. The minimum absolute atomic E-state index is 0.0279. The van der Waals surface area contributed by atoms with E-state index in [0.29, 0.717) is 5.69 Å². The highest BCUT2D eigenvalue weighted by molar-refractivity contribution is 5.99. The first-order valence-electron chi connectivity index (χ1n) is 8.03. The van der Waals surface area contributed by atoms with Gasteiger partial charge in [-0.2, -0.15) is 0 Å². The highest BCUT2D eigenvalue weighted by Crippen LogP contribution is 2.25. The first-order valence-corrected chi connectivity index (χ1v) is 8.03. The predicted molar refractivity (Wildman–Crippen MR) is 100 cm³/mol. The number of carbonyl (C=O) groups excluding carboxylic acids is 2. The Morgan fingerprint density at radius 3 is 2.59 bits per heavy atom. The van der Waals surface area contributed by atoms with E-state index in [1.165, 1.54) is 6.92 Å². The smallest absolute Gasteiger partial charge is 0.252 e. The van der Waals surface area contributed by atoms with Crippen molar-refractivity contribution in [3.8, 4) is 0 Å². The number of para-hydroxylation sites is 1. The van der Waals surface area contributed by atoms with E-state index in [1.807, 2.05) is 24.3 Å². The van der Waals surface area contributed by atoms with Crippen LogP contribution < -0.4 is 22.1 Å². The number of primary amides is 2. The van der Waals surface area contributed by atoms with E-state index in [-0.39, 0.29) is 17.2 Å². The second-order valence-electron chi connectivity index (χ2n) is 5.89. The fourth-order valence-electron chi connectivity index (χ4n) is 2.43. The molecule has 0 radical (unpaired) electrons. The van der Waals surface area contributed by atoms with Crippen molar-refractivity contribution in [3.63, 3.8) is 0 Å². The van der Waals surface area contributed by atoms with Gasteiger partial charge in [-0.25, -0.2) is 9.37 Å². The van der Waals surface area contributed by atoms with Gasteiger partial charge in [0.25, 0.3) is 5.91 Å². The van der Waals surface area contributed by atoms with Crippen LogP contribution in [-0.4, -0.2) is 27.8 Å². The van der Waals surface area contributed by atoms with Crippen molar-refractivity contribution in [1.29, 1.82) is 0 Å². The van der Waals surface area contributed by atoms with Crippen molar-refractivity contribution >= 4 is 40.0 Å². The number of amides is 2. The topological polar surface area (TPSA) is 136 Å². The van der Waals surface area contributed by atoms with Crippen LogP contribution in [-0.2, 0) is 4.79 Å². The van der Waals surface area contributed by atoms with Crippen LogP contribution in [0.1, 0.15) is 17.3 Å². The molecule has 0 spiro atoms. The van der Waals surface area contributed by atoms with Crippen molar-refractivity contribution in [1.82, 2.24) is 9.97 Å². The number of fused-ring (bicyclic) bond motifs is 1. The number of nitrogens with two attached hydrogens (primary N) is 2. The summed E-state index contributed by atoms with van der Waals surface area (Å²) < 4.78 is 14.2. The molecule has 2 amide bonds. The summed E-state index contributed by atoms with van der Waals surface area (Å²) in [5, 5.41) is 6.35. The standard InChI is InChI=1S/C18H17FN6O2/c1-9(15(20)26)23-18-13(19)7-12(16(21)27)17(25-18)24-11-6-10-4-2-3-5-14(10)22-8-11/h2-9H,1H3,(H2,20,26)(H2,21,27)(H2,23,24,25). The number of nitrogens with one attached hydrogen (secondary N) is 2. The van der Waals surface area contributed by atoms with Gasteiger partial charge in [0.15, 0.2) is 11.6 Å². The van der Waals surface area contributed by atoms with Crippen LogP contribution in [0.2, 0.25) is 0 Å². The van der Waals surface area contributed by atoms with E-state index in [1.54, 1.807) is 12.3 Å². The summed E-state index contributed by atoms with van der Waals surface area (Å²) in [5.74, 6) is -2.57. The van der Waals surface area contributed by atoms with Crippen molar-refractivity contribution in [2.75, 3.05) is 10.6 Å². The monoisotopic (exact) mass is 368 g/mol. The molecule has 0 aliphatic carbocycles. The lowest BCUT2D eigenvalue weighted by atomic mass is 10.2. The van der Waals surface area contributed by atoms with Gasteiger partial charge in [0.2, 0.25) is 5.91 Å². The van der Waals surface area contributed by atoms with Crippen LogP contribution in [0.4, 0.5) is 21.7 Å².